The molecule has 1 aromatic carbocycles. The zero-order chi connectivity index (χ0) is 19.3. The lowest BCUT2D eigenvalue weighted by molar-refractivity contribution is -0.143. The molecule has 140 valence electrons. The molecule has 0 amide bonds. The van der Waals surface area contributed by atoms with E-state index in [1.54, 1.807) is 13.0 Å². The Hall–Kier alpha value is -3.03. The fraction of sp³-hybridized carbons (Fsp3) is 0.368. The van der Waals surface area contributed by atoms with Crippen molar-refractivity contribution in [2.45, 2.75) is 33.1 Å². The molecule has 0 bridgehead atoms. The molecule has 1 aromatic heterocycles. The number of aromatic nitrogens is 2. The van der Waals surface area contributed by atoms with E-state index in [-0.39, 0.29) is 24.2 Å². The van der Waals surface area contributed by atoms with Gasteiger partial charge in [-0.3, -0.25) is 4.79 Å². The number of allylic oxidation sites excluding steroid dienone is 2. The van der Waals surface area contributed by atoms with Gasteiger partial charge in [0.15, 0.2) is 0 Å². The molecule has 2 aromatic rings. The maximum absolute atomic E-state index is 14.5. The molecule has 1 atom stereocenters. The van der Waals surface area contributed by atoms with Crippen molar-refractivity contribution in [2.24, 2.45) is 10.5 Å². The first-order valence-electron chi connectivity index (χ1n) is 8.80. The van der Waals surface area contributed by atoms with E-state index in [0.717, 1.165) is 17.5 Å². The molecule has 0 saturated heterocycles. The van der Waals surface area contributed by atoms with Gasteiger partial charge >= 0.3 is 5.97 Å². The van der Waals surface area contributed by atoms with Gasteiger partial charge in [-0.1, -0.05) is 19.9 Å². The van der Waals surface area contributed by atoms with Gasteiger partial charge in [0.25, 0.3) is 0 Å². The molecule has 1 aliphatic carbocycles. The monoisotopic (exact) mass is 369 g/mol. The molecular formula is C19H20FN5O2. The van der Waals surface area contributed by atoms with Crippen molar-refractivity contribution in [1.29, 1.82) is 0 Å². The number of hydrogen-bond acceptors (Lipinski definition) is 6. The molecule has 4 rings (SSSR count). The quantitative estimate of drug-likeness (QED) is 0.838. The van der Waals surface area contributed by atoms with Crippen LogP contribution in [0.1, 0.15) is 38.7 Å². The molecule has 8 heteroatoms. The third-order valence-corrected chi connectivity index (χ3v) is 4.79. The van der Waals surface area contributed by atoms with Crippen LogP contribution in [0.5, 0.6) is 0 Å². The number of anilines is 2. The van der Waals surface area contributed by atoms with Gasteiger partial charge in [-0.25, -0.2) is 14.4 Å². The summed E-state index contributed by atoms with van der Waals surface area (Å²) in [6.07, 6.45) is 4.26. The van der Waals surface area contributed by atoms with Gasteiger partial charge in [0.1, 0.15) is 17.1 Å². The van der Waals surface area contributed by atoms with Crippen LogP contribution in [-0.4, -0.2) is 33.8 Å². The minimum absolute atomic E-state index is 0.0292. The predicted molar refractivity (Wildman–Crippen MR) is 101 cm³/mol. The molecule has 0 spiro atoms. The minimum Gasteiger partial charge on any atom is -0.481 e. The van der Waals surface area contributed by atoms with E-state index in [1.165, 1.54) is 17.3 Å². The second-order valence-corrected chi connectivity index (χ2v) is 7.50. The smallest absolute Gasteiger partial charge is 0.316 e. The highest BCUT2D eigenvalue weighted by Crippen LogP contribution is 2.33. The summed E-state index contributed by atoms with van der Waals surface area (Å²) >= 11 is 0. The second kappa shape index (κ2) is 6.00. The van der Waals surface area contributed by atoms with Crippen LogP contribution in [0.4, 0.5) is 16.2 Å². The summed E-state index contributed by atoms with van der Waals surface area (Å²) in [5, 5.41) is 18.9. The van der Waals surface area contributed by atoms with Crippen molar-refractivity contribution in [1.82, 2.24) is 9.97 Å². The molecule has 27 heavy (non-hydrogen) atoms. The first-order chi connectivity index (χ1) is 12.8. The Bertz CT molecular complexity index is 1020. The zero-order valence-electron chi connectivity index (χ0n) is 15.3. The van der Waals surface area contributed by atoms with Crippen LogP contribution in [0, 0.1) is 11.2 Å². The van der Waals surface area contributed by atoms with Crippen molar-refractivity contribution < 1.29 is 14.3 Å². The number of nitrogens with zero attached hydrogens (tertiary/aromatic N) is 4. The normalized spacial score (nSPS) is 21.1. The molecule has 1 unspecified atom stereocenters. The average Bonchev–Trinajstić information content (AvgIpc) is 3.32. The summed E-state index contributed by atoms with van der Waals surface area (Å²) < 4.78 is 14.5. The van der Waals surface area contributed by atoms with E-state index in [1.807, 2.05) is 19.9 Å². The summed E-state index contributed by atoms with van der Waals surface area (Å²) in [6.45, 7) is 5.56. The van der Waals surface area contributed by atoms with Crippen molar-refractivity contribution in [3.8, 4) is 0 Å². The van der Waals surface area contributed by atoms with Gasteiger partial charge in [-0.2, -0.15) is 10.1 Å². The fourth-order valence-corrected chi connectivity index (χ4v) is 2.95. The summed E-state index contributed by atoms with van der Waals surface area (Å²) in [6, 6.07) is 3.18. The first kappa shape index (κ1) is 17.4. The van der Waals surface area contributed by atoms with Gasteiger partial charge < -0.3 is 10.4 Å². The highest BCUT2D eigenvalue weighted by molar-refractivity contribution is 5.96. The molecule has 0 fully saturated rings. The summed E-state index contributed by atoms with van der Waals surface area (Å²) in [5.41, 5.74) is 0.975. The number of nitrogens with one attached hydrogen (secondary N) is 1. The maximum Gasteiger partial charge on any atom is 0.316 e. The van der Waals surface area contributed by atoms with Crippen LogP contribution in [0.15, 0.2) is 29.0 Å². The molecular weight excluding hydrogens is 349 g/mol. The number of fused-ring (bicyclic) bond motifs is 1. The number of aliphatic carboxylic acids is 1. The van der Waals surface area contributed by atoms with Crippen molar-refractivity contribution >= 4 is 34.9 Å². The molecule has 2 aliphatic rings. The molecule has 2 heterocycles. The Labute approximate surface area is 155 Å². The number of carboxylic acid groups (broad SMARTS) is 1. The van der Waals surface area contributed by atoms with Crippen molar-refractivity contribution in [2.75, 3.05) is 16.9 Å². The van der Waals surface area contributed by atoms with Crippen molar-refractivity contribution in [3.63, 3.8) is 0 Å². The van der Waals surface area contributed by atoms with Crippen LogP contribution in [-0.2, 0) is 4.79 Å². The Morgan fingerprint density at radius 1 is 1.37 bits per heavy atom. The van der Waals surface area contributed by atoms with E-state index in [0.29, 0.717) is 16.9 Å². The Balaban J connectivity index is 1.81. The minimum atomic E-state index is -1.11. The van der Waals surface area contributed by atoms with E-state index in [2.05, 4.69) is 20.4 Å². The van der Waals surface area contributed by atoms with Crippen molar-refractivity contribution in [3.05, 3.63) is 35.3 Å². The van der Waals surface area contributed by atoms with E-state index in [9.17, 15) is 14.3 Å². The van der Waals surface area contributed by atoms with Crippen LogP contribution in [0.3, 0.4) is 0 Å². The Morgan fingerprint density at radius 3 is 2.70 bits per heavy atom. The Morgan fingerprint density at radius 2 is 2.11 bits per heavy atom. The zero-order valence-corrected chi connectivity index (χ0v) is 15.3. The molecule has 7 nitrogen and oxygen atoms in total. The van der Waals surface area contributed by atoms with E-state index < -0.39 is 11.4 Å². The van der Waals surface area contributed by atoms with Gasteiger partial charge in [-0.15, -0.1) is 0 Å². The number of halogens is 1. The molecule has 0 saturated carbocycles. The lowest BCUT2D eigenvalue weighted by Crippen LogP contribution is -2.35. The van der Waals surface area contributed by atoms with Gasteiger partial charge in [0.05, 0.1) is 12.1 Å². The maximum atomic E-state index is 14.5. The van der Waals surface area contributed by atoms with Gasteiger partial charge in [0, 0.05) is 29.8 Å². The third-order valence-electron chi connectivity index (χ3n) is 4.79. The summed E-state index contributed by atoms with van der Waals surface area (Å²) in [7, 11) is 0. The first-order valence-corrected chi connectivity index (χ1v) is 8.80. The highest BCUT2D eigenvalue weighted by atomic mass is 19.1. The SMILES string of the molecule is CC(C)c1cc2c(NC3=CC3)nc(N3CC(C)(C(=O)O)C=N3)nc2cc1F. The topological polar surface area (TPSA) is 90.7 Å². The number of hydrazone groups is 1. The number of carbonyl (C=O) groups is 1. The van der Waals surface area contributed by atoms with E-state index >= 15 is 0 Å². The number of carboxylic acids is 1. The van der Waals surface area contributed by atoms with Crippen LogP contribution in [0.25, 0.3) is 10.9 Å². The lowest BCUT2D eigenvalue weighted by Gasteiger charge is -2.19. The average molecular weight is 369 g/mol. The number of rotatable bonds is 5. The van der Waals surface area contributed by atoms with E-state index in [4.69, 9.17) is 0 Å². The Kier molecular flexibility index (Phi) is 3.87. The van der Waals surface area contributed by atoms with Gasteiger partial charge in [-0.05, 0) is 24.5 Å². The number of hydrogen-bond donors (Lipinski definition) is 2. The molecule has 1 aliphatic heterocycles. The lowest BCUT2D eigenvalue weighted by atomic mass is 9.94. The molecule has 0 radical (unpaired) electrons. The molecule has 2 N–H and O–H groups in total. The van der Waals surface area contributed by atoms with Gasteiger partial charge in [0.2, 0.25) is 5.95 Å². The summed E-state index contributed by atoms with van der Waals surface area (Å²) in [5.74, 6) is -0.451. The highest BCUT2D eigenvalue weighted by Gasteiger charge is 2.39. The van der Waals surface area contributed by atoms with Crippen LogP contribution >= 0.6 is 0 Å². The second-order valence-electron chi connectivity index (χ2n) is 7.50. The van der Waals surface area contributed by atoms with Crippen LogP contribution in [0.2, 0.25) is 0 Å². The standard InChI is InChI=1S/C19H20FN5O2/c1-10(2)12-6-13-15(7-14(12)20)23-18(24-16(13)22-11-4-5-11)25-9-19(3,8-21-25)17(26)27/h4,6-8,10H,5,9H2,1-3H3,(H,26,27)(H,22,23,24). The predicted octanol–water partition coefficient (Wildman–Crippen LogP) is 3.49. The summed E-state index contributed by atoms with van der Waals surface area (Å²) in [4.78, 5) is 20.4. The van der Waals surface area contributed by atoms with Crippen LogP contribution < -0.4 is 10.3 Å². The number of benzene rings is 1. The largest absolute Gasteiger partial charge is 0.481 e. The third kappa shape index (κ3) is 3.11. The fourth-order valence-electron chi connectivity index (χ4n) is 2.95.